The van der Waals surface area contributed by atoms with Crippen LogP contribution >= 0.6 is 0 Å². The van der Waals surface area contributed by atoms with E-state index in [1.807, 2.05) is 24.3 Å². The molecule has 0 amide bonds. The van der Waals surface area contributed by atoms with Crippen molar-refractivity contribution in [2.45, 2.75) is 39.2 Å². The zero-order valence-corrected chi connectivity index (χ0v) is 14.8. The largest absolute Gasteiger partial charge is 0.385 e. The Kier molecular flexibility index (Phi) is 7.07. The SMILES string of the molecule is CCNC(=NCc1ccc(C#N)cc1)NCC1(CCOC)CCC1. The van der Waals surface area contributed by atoms with E-state index in [1.54, 1.807) is 7.11 Å². The van der Waals surface area contributed by atoms with Gasteiger partial charge in [-0.1, -0.05) is 18.6 Å². The fourth-order valence-corrected chi connectivity index (χ4v) is 2.98. The van der Waals surface area contributed by atoms with E-state index in [2.05, 4.69) is 28.6 Å². The zero-order chi connectivity index (χ0) is 17.3. The van der Waals surface area contributed by atoms with Crippen LogP contribution in [0.15, 0.2) is 29.3 Å². The van der Waals surface area contributed by atoms with Crippen molar-refractivity contribution >= 4 is 5.96 Å². The maximum absolute atomic E-state index is 8.85. The molecule has 0 spiro atoms. The first-order valence-electron chi connectivity index (χ1n) is 8.71. The van der Waals surface area contributed by atoms with Crippen LogP contribution in [0.3, 0.4) is 0 Å². The number of methoxy groups -OCH3 is 1. The minimum atomic E-state index is 0.362. The van der Waals surface area contributed by atoms with Crippen LogP contribution in [0.25, 0.3) is 0 Å². The summed E-state index contributed by atoms with van der Waals surface area (Å²) < 4.78 is 5.26. The van der Waals surface area contributed by atoms with Gasteiger partial charge in [0.25, 0.3) is 0 Å². The lowest BCUT2D eigenvalue weighted by Crippen LogP contribution is -2.46. The first kappa shape index (κ1) is 18.3. The maximum atomic E-state index is 8.85. The van der Waals surface area contributed by atoms with Gasteiger partial charge in [0, 0.05) is 26.8 Å². The summed E-state index contributed by atoms with van der Waals surface area (Å²) in [6.45, 7) is 5.27. The van der Waals surface area contributed by atoms with Gasteiger partial charge >= 0.3 is 0 Å². The Labute approximate surface area is 145 Å². The van der Waals surface area contributed by atoms with Crippen LogP contribution in [0.1, 0.15) is 43.7 Å². The Hall–Kier alpha value is -2.06. The molecule has 0 bridgehead atoms. The van der Waals surface area contributed by atoms with Crippen molar-refractivity contribution in [3.63, 3.8) is 0 Å². The Balaban J connectivity index is 1.91. The number of nitriles is 1. The highest BCUT2D eigenvalue weighted by Crippen LogP contribution is 2.43. The van der Waals surface area contributed by atoms with Gasteiger partial charge < -0.3 is 15.4 Å². The summed E-state index contributed by atoms with van der Waals surface area (Å²) in [5.41, 5.74) is 2.14. The van der Waals surface area contributed by atoms with Crippen LogP contribution in [0.5, 0.6) is 0 Å². The first-order valence-corrected chi connectivity index (χ1v) is 8.71. The van der Waals surface area contributed by atoms with Crippen LogP contribution in [-0.2, 0) is 11.3 Å². The van der Waals surface area contributed by atoms with Gasteiger partial charge in [0.15, 0.2) is 5.96 Å². The van der Waals surface area contributed by atoms with Gasteiger partial charge in [-0.2, -0.15) is 5.26 Å². The van der Waals surface area contributed by atoms with Crippen molar-refractivity contribution < 1.29 is 4.74 Å². The lowest BCUT2D eigenvalue weighted by Gasteiger charge is -2.42. The molecule has 0 heterocycles. The Morgan fingerprint density at radius 2 is 2.04 bits per heavy atom. The van der Waals surface area contributed by atoms with Crippen molar-refractivity contribution in [2.24, 2.45) is 10.4 Å². The molecular weight excluding hydrogens is 300 g/mol. The van der Waals surface area contributed by atoms with Gasteiger partial charge in [0.05, 0.1) is 18.2 Å². The second-order valence-electron chi connectivity index (χ2n) is 6.45. The van der Waals surface area contributed by atoms with Crippen molar-refractivity contribution in [2.75, 3.05) is 26.8 Å². The van der Waals surface area contributed by atoms with Gasteiger partial charge in [-0.15, -0.1) is 0 Å². The third-order valence-corrected chi connectivity index (χ3v) is 4.73. The van der Waals surface area contributed by atoms with E-state index < -0.39 is 0 Å². The lowest BCUT2D eigenvalue weighted by atomic mass is 9.67. The Morgan fingerprint density at radius 3 is 2.58 bits per heavy atom. The molecule has 5 nitrogen and oxygen atoms in total. The Morgan fingerprint density at radius 1 is 1.29 bits per heavy atom. The summed E-state index contributed by atoms with van der Waals surface area (Å²) in [4.78, 5) is 4.66. The van der Waals surface area contributed by atoms with Gasteiger partial charge in [-0.3, -0.25) is 0 Å². The van der Waals surface area contributed by atoms with Crippen LogP contribution in [0.2, 0.25) is 0 Å². The number of aliphatic imine (C=N–C) groups is 1. The summed E-state index contributed by atoms with van der Waals surface area (Å²) in [7, 11) is 1.77. The number of nitrogens with zero attached hydrogens (tertiary/aromatic N) is 2. The van der Waals surface area contributed by atoms with Crippen molar-refractivity contribution in [1.82, 2.24) is 10.6 Å². The predicted molar refractivity (Wildman–Crippen MR) is 96.8 cm³/mol. The van der Waals surface area contributed by atoms with E-state index in [-0.39, 0.29) is 0 Å². The second-order valence-corrected chi connectivity index (χ2v) is 6.45. The molecule has 0 saturated heterocycles. The molecule has 0 unspecified atom stereocenters. The van der Waals surface area contributed by atoms with E-state index in [1.165, 1.54) is 19.3 Å². The fraction of sp³-hybridized carbons (Fsp3) is 0.579. The zero-order valence-electron chi connectivity index (χ0n) is 14.8. The standard InChI is InChI=1S/C19H28N4O/c1-3-21-18(22-14-17-7-5-16(13-20)6-8-17)23-15-19(9-4-10-19)11-12-24-2/h5-8H,3-4,9-12,14-15H2,1-2H3,(H2,21,22,23). The Bertz CT molecular complexity index is 570. The monoisotopic (exact) mass is 328 g/mol. The van der Waals surface area contributed by atoms with Gasteiger partial charge in [-0.05, 0) is 49.3 Å². The molecule has 0 aromatic heterocycles. The third kappa shape index (κ3) is 5.24. The van der Waals surface area contributed by atoms with Gasteiger partial charge in [-0.25, -0.2) is 4.99 Å². The fourth-order valence-electron chi connectivity index (χ4n) is 2.98. The van der Waals surface area contributed by atoms with Crippen LogP contribution in [0, 0.1) is 16.7 Å². The minimum absolute atomic E-state index is 0.362. The average Bonchev–Trinajstić information content (AvgIpc) is 2.58. The normalized spacial score (nSPS) is 16.1. The summed E-state index contributed by atoms with van der Waals surface area (Å²) in [5, 5.41) is 15.7. The molecule has 2 rings (SSSR count). The highest BCUT2D eigenvalue weighted by molar-refractivity contribution is 5.79. The molecule has 1 aromatic carbocycles. The molecule has 1 aliphatic rings. The number of hydrogen-bond donors (Lipinski definition) is 2. The summed E-state index contributed by atoms with van der Waals surface area (Å²) in [5.74, 6) is 0.852. The highest BCUT2D eigenvalue weighted by Gasteiger charge is 2.36. The van der Waals surface area contributed by atoms with E-state index in [0.717, 1.165) is 37.6 Å². The number of benzene rings is 1. The highest BCUT2D eigenvalue weighted by atomic mass is 16.5. The van der Waals surface area contributed by atoms with Crippen LogP contribution in [-0.4, -0.2) is 32.8 Å². The molecule has 5 heteroatoms. The van der Waals surface area contributed by atoms with E-state index in [9.17, 15) is 0 Å². The van der Waals surface area contributed by atoms with Gasteiger partial charge in [0.1, 0.15) is 0 Å². The smallest absolute Gasteiger partial charge is 0.191 e. The quantitative estimate of drug-likeness (QED) is 0.569. The minimum Gasteiger partial charge on any atom is -0.385 e. The maximum Gasteiger partial charge on any atom is 0.191 e. The number of ether oxygens (including phenoxy) is 1. The molecule has 0 aliphatic heterocycles. The predicted octanol–water partition coefficient (Wildman–Crippen LogP) is 2.82. The molecular formula is C19H28N4O. The first-order chi connectivity index (χ1) is 11.7. The van der Waals surface area contributed by atoms with E-state index in [4.69, 9.17) is 10.00 Å². The number of rotatable bonds is 8. The second kappa shape index (κ2) is 9.29. The molecule has 0 atom stereocenters. The third-order valence-electron chi connectivity index (χ3n) is 4.73. The summed E-state index contributed by atoms with van der Waals surface area (Å²) >= 11 is 0. The molecule has 1 fully saturated rings. The topological polar surface area (TPSA) is 69.4 Å². The molecule has 2 N–H and O–H groups in total. The number of guanidine groups is 1. The molecule has 1 aliphatic carbocycles. The van der Waals surface area contributed by atoms with Crippen molar-refractivity contribution in [1.29, 1.82) is 5.26 Å². The summed E-state index contributed by atoms with van der Waals surface area (Å²) in [6, 6.07) is 9.71. The average molecular weight is 328 g/mol. The molecule has 130 valence electrons. The molecule has 1 aromatic rings. The number of nitrogens with one attached hydrogen (secondary N) is 2. The van der Waals surface area contributed by atoms with Crippen LogP contribution in [0.4, 0.5) is 0 Å². The van der Waals surface area contributed by atoms with Crippen LogP contribution < -0.4 is 10.6 Å². The van der Waals surface area contributed by atoms with Crippen molar-refractivity contribution in [3.05, 3.63) is 35.4 Å². The lowest BCUT2D eigenvalue weighted by molar-refractivity contribution is 0.0732. The molecule has 0 radical (unpaired) electrons. The van der Waals surface area contributed by atoms with E-state index in [0.29, 0.717) is 17.5 Å². The number of hydrogen-bond acceptors (Lipinski definition) is 3. The molecule has 24 heavy (non-hydrogen) atoms. The summed E-state index contributed by atoms with van der Waals surface area (Å²) in [6.07, 6.45) is 4.94. The van der Waals surface area contributed by atoms with Crippen molar-refractivity contribution in [3.8, 4) is 6.07 Å². The van der Waals surface area contributed by atoms with E-state index >= 15 is 0 Å². The van der Waals surface area contributed by atoms with Gasteiger partial charge in [0.2, 0.25) is 0 Å². The molecule has 1 saturated carbocycles.